The SMILES string of the molecule is CNC(=O)c1ccccc1N=C(Nc1ccc(N2CCN(CCOCCNCC(=O)Nc3ccc4c(c3)CN(C(CCC=O)C(=O)NC)C4=O)CC2)cc1)/C(Cl)=C\N=CN. The van der Waals surface area contributed by atoms with Crippen molar-refractivity contribution >= 4 is 76.4 Å². The summed E-state index contributed by atoms with van der Waals surface area (Å²) in [4.78, 5) is 76.1. The van der Waals surface area contributed by atoms with E-state index in [1.54, 1.807) is 49.5 Å². The molecule has 60 heavy (non-hydrogen) atoms. The third kappa shape index (κ3) is 12.4. The second kappa shape index (κ2) is 22.9. The number of carbonyl (C=O) groups is 5. The predicted octanol–water partition coefficient (Wildman–Crippen LogP) is 2.67. The number of benzene rings is 3. The minimum atomic E-state index is -0.751. The van der Waals surface area contributed by atoms with Gasteiger partial charge in [0.25, 0.3) is 11.8 Å². The Morgan fingerprint density at radius 2 is 1.70 bits per heavy atom. The fraction of sp³-hybridized carbons (Fsp3) is 0.357. The molecule has 1 saturated heterocycles. The van der Waals surface area contributed by atoms with E-state index < -0.39 is 6.04 Å². The number of amidine groups is 1. The Balaban J connectivity index is 0.996. The molecule has 2 heterocycles. The zero-order valence-corrected chi connectivity index (χ0v) is 34.5. The molecule has 7 N–H and O–H groups in total. The molecular weight excluding hydrogens is 790 g/mol. The molecule has 1 fully saturated rings. The van der Waals surface area contributed by atoms with Gasteiger partial charge in [-0.25, -0.2) is 9.98 Å². The quantitative estimate of drug-likeness (QED) is 0.0421. The van der Waals surface area contributed by atoms with Crippen molar-refractivity contribution in [2.24, 2.45) is 15.7 Å². The largest absolute Gasteiger partial charge is 0.390 e. The van der Waals surface area contributed by atoms with E-state index in [4.69, 9.17) is 22.1 Å². The van der Waals surface area contributed by atoms with Gasteiger partial charge in [-0.05, 0) is 66.6 Å². The molecule has 0 saturated carbocycles. The van der Waals surface area contributed by atoms with Gasteiger partial charge in [-0.2, -0.15) is 0 Å². The van der Waals surface area contributed by atoms with Crippen LogP contribution in [-0.2, 0) is 25.7 Å². The average molecular weight is 842 g/mol. The minimum absolute atomic E-state index is 0.0893. The molecule has 318 valence electrons. The Hall–Kier alpha value is -6.14. The first-order valence-corrected chi connectivity index (χ1v) is 20.0. The second-order valence-electron chi connectivity index (χ2n) is 13.8. The number of fused-ring (bicyclic) bond motifs is 1. The van der Waals surface area contributed by atoms with Crippen LogP contribution in [0.3, 0.4) is 0 Å². The lowest BCUT2D eigenvalue weighted by Crippen LogP contribution is -2.47. The number of amides is 4. The van der Waals surface area contributed by atoms with Crippen molar-refractivity contribution in [3.8, 4) is 0 Å². The van der Waals surface area contributed by atoms with Gasteiger partial charge in [-0.15, -0.1) is 0 Å². The zero-order valence-electron chi connectivity index (χ0n) is 33.8. The number of aldehydes is 1. The summed E-state index contributed by atoms with van der Waals surface area (Å²) < 4.78 is 5.83. The number of hydrogen-bond donors (Lipinski definition) is 6. The number of carbonyl (C=O) groups excluding carboxylic acids is 5. The van der Waals surface area contributed by atoms with Crippen molar-refractivity contribution in [2.45, 2.75) is 25.4 Å². The van der Waals surface area contributed by atoms with Crippen LogP contribution in [0.25, 0.3) is 0 Å². The molecule has 0 bridgehead atoms. The number of nitrogens with zero attached hydrogens (tertiary/aromatic N) is 5. The van der Waals surface area contributed by atoms with E-state index in [0.717, 1.165) is 56.7 Å². The summed E-state index contributed by atoms with van der Waals surface area (Å²) in [7, 11) is 3.06. The number of halogens is 1. The highest BCUT2D eigenvalue weighted by atomic mass is 35.5. The molecule has 5 rings (SSSR count). The van der Waals surface area contributed by atoms with E-state index in [9.17, 15) is 24.0 Å². The Bertz CT molecular complexity index is 2070. The summed E-state index contributed by atoms with van der Waals surface area (Å²) in [6.45, 7) is 6.11. The van der Waals surface area contributed by atoms with E-state index in [0.29, 0.717) is 53.7 Å². The standard InChI is InChI=1S/C42H52ClN11O6/c1-45-40(57)34-6-3-4-7-36(34)51-39(35(43)25-48-28-44)50-30-9-12-32(13-10-30)53-18-16-52(17-19-53)20-23-60-22-15-47-26-38(56)49-31-11-14-33-29(24-31)27-54(42(33)59)37(8-5-21-55)41(58)46-2/h3-4,6-7,9-14,21,24-25,28,37,47H,5,8,15-20,22-23,26-27H2,1-2H3,(H2,44,48)(H,45,57)(H,46,58)(H,49,56)(H,50,51)/b35-25+. The number of aliphatic imine (C=N–C) groups is 2. The monoisotopic (exact) mass is 841 g/mol. The molecule has 2 aliphatic heterocycles. The van der Waals surface area contributed by atoms with Crippen LogP contribution in [0.5, 0.6) is 0 Å². The van der Waals surface area contributed by atoms with Crippen LogP contribution in [0.2, 0.25) is 0 Å². The van der Waals surface area contributed by atoms with E-state index >= 15 is 0 Å². The lowest BCUT2D eigenvalue weighted by molar-refractivity contribution is -0.125. The highest BCUT2D eigenvalue weighted by Crippen LogP contribution is 2.29. The van der Waals surface area contributed by atoms with Crippen molar-refractivity contribution < 1.29 is 28.7 Å². The number of nitrogens with one attached hydrogen (secondary N) is 5. The maximum atomic E-state index is 13.0. The van der Waals surface area contributed by atoms with Crippen LogP contribution in [0.15, 0.2) is 87.9 Å². The van der Waals surface area contributed by atoms with Crippen LogP contribution >= 0.6 is 11.6 Å². The van der Waals surface area contributed by atoms with Crippen LogP contribution in [-0.4, -0.2) is 131 Å². The van der Waals surface area contributed by atoms with E-state index in [1.807, 2.05) is 24.3 Å². The molecule has 3 aromatic rings. The van der Waals surface area contributed by atoms with Gasteiger partial charge in [0, 0.05) is 89.0 Å². The van der Waals surface area contributed by atoms with Crippen molar-refractivity contribution in [1.29, 1.82) is 0 Å². The lowest BCUT2D eigenvalue weighted by Gasteiger charge is -2.36. The Morgan fingerprint density at radius 1 is 0.950 bits per heavy atom. The molecule has 3 aromatic carbocycles. The Morgan fingerprint density at radius 3 is 2.42 bits per heavy atom. The molecule has 0 aromatic heterocycles. The van der Waals surface area contributed by atoms with Crippen molar-refractivity contribution in [1.82, 2.24) is 25.8 Å². The van der Waals surface area contributed by atoms with Gasteiger partial charge in [0.15, 0.2) is 5.84 Å². The summed E-state index contributed by atoms with van der Waals surface area (Å²) >= 11 is 6.54. The fourth-order valence-corrected chi connectivity index (χ4v) is 6.94. The third-order valence-corrected chi connectivity index (χ3v) is 10.2. The van der Waals surface area contributed by atoms with Gasteiger partial charge in [-0.1, -0.05) is 23.7 Å². The Kier molecular flexibility index (Phi) is 17.1. The summed E-state index contributed by atoms with van der Waals surface area (Å²) in [5.41, 5.74) is 9.81. The molecular formula is C42H52ClN11O6. The molecule has 0 spiro atoms. The first kappa shape index (κ1) is 45.0. The third-order valence-electron chi connectivity index (χ3n) is 9.94. The van der Waals surface area contributed by atoms with Crippen LogP contribution < -0.4 is 37.2 Å². The highest BCUT2D eigenvalue weighted by Gasteiger charge is 2.36. The number of para-hydroxylation sites is 1. The summed E-state index contributed by atoms with van der Waals surface area (Å²) in [5.74, 6) is -0.809. The first-order valence-electron chi connectivity index (χ1n) is 19.7. The topological polar surface area (TPSA) is 215 Å². The Labute approximate surface area is 354 Å². The van der Waals surface area contributed by atoms with Crippen molar-refractivity contribution in [3.63, 3.8) is 0 Å². The maximum absolute atomic E-state index is 13.0. The number of rotatable bonds is 20. The smallest absolute Gasteiger partial charge is 0.255 e. The van der Waals surface area contributed by atoms with Crippen LogP contribution in [0, 0.1) is 0 Å². The maximum Gasteiger partial charge on any atom is 0.255 e. The summed E-state index contributed by atoms with van der Waals surface area (Å²) in [6.07, 6.45) is 3.63. The van der Waals surface area contributed by atoms with E-state index in [1.165, 1.54) is 18.1 Å². The highest BCUT2D eigenvalue weighted by molar-refractivity contribution is 6.45. The van der Waals surface area contributed by atoms with Crippen molar-refractivity contribution in [2.75, 3.05) is 88.7 Å². The number of piperazine rings is 1. The average Bonchev–Trinajstić information content (AvgIpc) is 3.59. The lowest BCUT2D eigenvalue weighted by atomic mass is 10.1. The normalized spacial score (nSPS) is 15.2. The molecule has 0 aliphatic carbocycles. The summed E-state index contributed by atoms with van der Waals surface area (Å²) in [6, 6.07) is 19.2. The van der Waals surface area contributed by atoms with E-state index in [-0.39, 0.29) is 54.6 Å². The summed E-state index contributed by atoms with van der Waals surface area (Å²) in [5, 5.41) is 14.6. The molecule has 18 heteroatoms. The first-order chi connectivity index (χ1) is 29.1. The number of hydrogen-bond acceptors (Lipinski definition) is 11. The molecule has 1 unspecified atom stereocenters. The fourth-order valence-electron chi connectivity index (χ4n) is 6.79. The van der Waals surface area contributed by atoms with Gasteiger partial charge in [0.05, 0.1) is 43.5 Å². The number of nitrogens with two attached hydrogens (primary N) is 1. The minimum Gasteiger partial charge on any atom is -0.390 e. The molecule has 17 nitrogen and oxygen atoms in total. The van der Waals surface area contributed by atoms with Gasteiger partial charge in [0.2, 0.25) is 11.8 Å². The van der Waals surface area contributed by atoms with Crippen molar-refractivity contribution in [3.05, 3.63) is 94.7 Å². The number of ether oxygens (including phenoxy) is 1. The molecule has 0 radical (unpaired) electrons. The number of anilines is 3. The number of likely N-dealkylation sites (N-methyl/N-ethyl adjacent to an activating group) is 1. The second-order valence-corrected chi connectivity index (χ2v) is 14.3. The van der Waals surface area contributed by atoms with Gasteiger partial charge in [0.1, 0.15) is 17.4 Å². The van der Waals surface area contributed by atoms with Crippen LogP contribution in [0.1, 0.15) is 39.1 Å². The van der Waals surface area contributed by atoms with Gasteiger partial charge >= 0.3 is 0 Å². The van der Waals surface area contributed by atoms with Gasteiger partial charge in [-0.3, -0.25) is 24.1 Å². The predicted molar refractivity (Wildman–Crippen MR) is 234 cm³/mol. The zero-order chi connectivity index (χ0) is 42.9. The molecule has 2 aliphatic rings. The van der Waals surface area contributed by atoms with Gasteiger partial charge < -0.3 is 51.6 Å². The molecule has 1 atom stereocenters. The van der Waals surface area contributed by atoms with Crippen LogP contribution in [0.4, 0.5) is 22.7 Å². The molecule has 4 amide bonds. The van der Waals surface area contributed by atoms with E-state index in [2.05, 4.69) is 46.4 Å².